The zero-order valence-corrected chi connectivity index (χ0v) is 42.6. The van der Waals surface area contributed by atoms with Crippen LogP contribution in [0.4, 0.5) is 0 Å². The van der Waals surface area contributed by atoms with Crippen LogP contribution in [0.5, 0.6) is 0 Å². The van der Waals surface area contributed by atoms with E-state index in [-0.39, 0.29) is 60.3 Å². The van der Waals surface area contributed by atoms with Gasteiger partial charge in [0.05, 0.1) is 36.6 Å². The van der Waals surface area contributed by atoms with Crippen LogP contribution in [0.2, 0.25) is 0 Å². The van der Waals surface area contributed by atoms with E-state index in [1.165, 1.54) is 0 Å². The molecule has 0 radical (unpaired) electrons. The third-order valence-electron chi connectivity index (χ3n) is 14.3. The van der Waals surface area contributed by atoms with Crippen LogP contribution in [0.15, 0.2) is 47.6 Å². The summed E-state index contributed by atoms with van der Waals surface area (Å²) in [6, 6.07) is 0. The fraction of sp³-hybridized carbons (Fsp3) is 0.840. The van der Waals surface area contributed by atoms with Crippen molar-refractivity contribution >= 4 is 0 Å². The molecule has 16 nitrogen and oxygen atoms in total. The van der Waals surface area contributed by atoms with E-state index < -0.39 is 73.6 Å². The lowest BCUT2D eigenvalue weighted by Gasteiger charge is -2.45. The first-order valence-corrected chi connectivity index (χ1v) is 23.7. The van der Waals surface area contributed by atoms with Crippen molar-refractivity contribution in [3.05, 3.63) is 47.6 Å². The molecule has 22 atom stereocenters. The summed E-state index contributed by atoms with van der Waals surface area (Å²) >= 11 is 0. The molecule has 382 valence electrons. The Hall–Kier alpha value is -1.68. The molecule has 4 fully saturated rings. The molecule has 0 saturated carbocycles. The van der Waals surface area contributed by atoms with Crippen LogP contribution >= 0.6 is 0 Å². The molecule has 4 heterocycles. The SMILES string of the molecule is CC[C@H](OC)[C@@H](C)[C@H]1O[C@@H]1[C@H](O)[C@@H](C)/C=C/C=C(\C)[C@H]1O[C@H](OC)[C@@H](OC)[C@@H](OCCC[C@H](OC)[C@@H](C)[C@H]2O[C@@H]2[C@H](O)[C@@H](C)/C=C/C=C(\C)[C@H]2O[C@H](OC)[C@H](OC)[C@@H](OC)[C@H]2OC)[C@@H]1OC. The maximum atomic E-state index is 11.3. The summed E-state index contributed by atoms with van der Waals surface area (Å²) in [5, 5.41) is 22.4. The molecule has 66 heavy (non-hydrogen) atoms. The van der Waals surface area contributed by atoms with E-state index in [2.05, 4.69) is 20.8 Å². The number of hydrogen-bond acceptors (Lipinski definition) is 16. The number of methoxy groups -OCH3 is 9. The predicted octanol–water partition coefficient (Wildman–Crippen LogP) is 5.22. The van der Waals surface area contributed by atoms with Gasteiger partial charge < -0.3 is 76.5 Å². The van der Waals surface area contributed by atoms with E-state index in [0.717, 1.165) is 17.6 Å². The van der Waals surface area contributed by atoms with E-state index >= 15 is 0 Å². The van der Waals surface area contributed by atoms with Gasteiger partial charge >= 0.3 is 0 Å². The predicted molar refractivity (Wildman–Crippen MR) is 248 cm³/mol. The van der Waals surface area contributed by atoms with E-state index in [0.29, 0.717) is 19.4 Å². The molecule has 16 heteroatoms. The van der Waals surface area contributed by atoms with Gasteiger partial charge in [0, 0.05) is 94.3 Å². The fourth-order valence-electron chi connectivity index (χ4n) is 9.93. The lowest BCUT2D eigenvalue weighted by Crippen LogP contribution is -2.60. The largest absolute Gasteiger partial charge is 0.390 e. The van der Waals surface area contributed by atoms with Crippen molar-refractivity contribution in [2.45, 2.75) is 178 Å². The van der Waals surface area contributed by atoms with Crippen LogP contribution in [0.1, 0.15) is 67.7 Å². The van der Waals surface area contributed by atoms with Crippen LogP contribution in [0, 0.1) is 23.7 Å². The van der Waals surface area contributed by atoms with Gasteiger partial charge in [0.25, 0.3) is 0 Å². The van der Waals surface area contributed by atoms with Gasteiger partial charge in [-0.2, -0.15) is 0 Å². The maximum absolute atomic E-state index is 11.3. The second-order valence-electron chi connectivity index (χ2n) is 18.4. The molecule has 4 aliphatic rings. The standard InChI is InChI=1S/C50H86O16/c1-17-33(53-8)31(6)39-41(63-39)35(51)27(2)22-19-24-30(5)38-44(56-11)46(48(59-14)50(61-16)66-38)62-26-20-25-34(54-9)32(7)40-42(64-40)36(52)28(3)21-18-23-29(4)37-43(55-10)45(57-12)47(58-13)49(60-15)65-37/h18-19,21-24,27-28,31-52H,17,20,25-26H2,1-16H3/b21-18+,22-19+,29-23+,30-24+/t27-,28-,31+,32+,33-,34-,35+,36+,37+,38+,39+,40+,41+,42+,43-,44+,45-,46-,47+,48-,49-,50-/m0/s1. The average Bonchev–Trinajstić information content (AvgIpc) is 4.28. The normalized spacial score (nSPS) is 36.8. The molecule has 0 unspecified atom stereocenters. The number of epoxide rings is 2. The van der Waals surface area contributed by atoms with Crippen molar-refractivity contribution in [1.29, 1.82) is 0 Å². The van der Waals surface area contributed by atoms with Crippen LogP contribution < -0.4 is 0 Å². The highest BCUT2D eigenvalue weighted by Crippen LogP contribution is 2.40. The van der Waals surface area contributed by atoms with Gasteiger partial charge in [0.1, 0.15) is 61.0 Å². The van der Waals surface area contributed by atoms with Crippen molar-refractivity contribution in [3.8, 4) is 0 Å². The van der Waals surface area contributed by atoms with Gasteiger partial charge in [-0.15, -0.1) is 0 Å². The topological polar surface area (TPSA) is 176 Å². The Morgan fingerprint density at radius 3 is 1.32 bits per heavy atom. The Kier molecular flexibility index (Phi) is 23.8. The van der Waals surface area contributed by atoms with Crippen molar-refractivity contribution in [2.24, 2.45) is 23.7 Å². The van der Waals surface area contributed by atoms with Crippen LogP contribution in [0.25, 0.3) is 0 Å². The Labute approximate surface area is 395 Å². The van der Waals surface area contributed by atoms with Crippen LogP contribution in [-0.2, 0) is 66.3 Å². The number of rotatable bonds is 29. The average molecular weight is 943 g/mol. The van der Waals surface area contributed by atoms with Crippen molar-refractivity contribution in [2.75, 3.05) is 70.6 Å². The Morgan fingerprint density at radius 1 is 0.515 bits per heavy atom. The minimum absolute atomic E-state index is 0.0203. The lowest BCUT2D eigenvalue weighted by molar-refractivity contribution is -0.298. The molecular formula is C50H86O16. The molecule has 0 bridgehead atoms. The molecule has 4 saturated heterocycles. The summed E-state index contributed by atoms with van der Waals surface area (Å²) in [6.07, 6.45) is 6.98. The first-order chi connectivity index (χ1) is 31.7. The Balaban J connectivity index is 1.29. The number of aliphatic hydroxyl groups is 2. The van der Waals surface area contributed by atoms with Gasteiger partial charge in [0.2, 0.25) is 0 Å². The molecule has 0 spiro atoms. The molecule has 0 aromatic rings. The van der Waals surface area contributed by atoms with Gasteiger partial charge in [-0.3, -0.25) is 0 Å². The van der Waals surface area contributed by atoms with Gasteiger partial charge in [0.15, 0.2) is 12.6 Å². The number of ether oxygens (including phenoxy) is 14. The summed E-state index contributed by atoms with van der Waals surface area (Å²) in [5.41, 5.74) is 1.83. The van der Waals surface area contributed by atoms with E-state index in [1.807, 2.05) is 64.2 Å². The molecule has 0 aliphatic carbocycles. The van der Waals surface area contributed by atoms with Gasteiger partial charge in [-0.05, 0) is 44.3 Å². The third kappa shape index (κ3) is 14.0. The van der Waals surface area contributed by atoms with E-state index in [9.17, 15) is 10.2 Å². The van der Waals surface area contributed by atoms with Gasteiger partial charge in [-0.1, -0.05) is 71.1 Å². The quantitative estimate of drug-likeness (QED) is 0.0567. The molecule has 0 aromatic carbocycles. The molecule has 2 N–H and O–H groups in total. The Bertz CT molecular complexity index is 1520. The smallest absolute Gasteiger partial charge is 0.186 e. The van der Waals surface area contributed by atoms with Gasteiger partial charge in [-0.25, -0.2) is 0 Å². The first-order valence-electron chi connectivity index (χ1n) is 23.7. The third-order valence-corrected chi connectivity index (χ3v) is 14.3. The highest BCUT2D eigenvalue weighted by molar-refractivity contribution is 5.21. The second kappa shape index (κ2) is 27.6. The summed E-state index contributed by atoms with van der Waals surface area (Å²) in [6.45, 7) is 14.6. The first kappa shape index (κ1) is 56.9. The highest BCUT2D eigenvalue weighted by Gasteiger charge is 2.53. The minimum Gasteiger partial charge on any atom is -0.390 e. The zero-order valence-electron chi connectivity index (χ0n) is 42.6. The van der Waals surface area contributed by atoms with E-state index in [4.69, 9.17) is 66.3 Å². The summed E-state index contributed by atoms with van der Waals surface area (Å²) in [7, 11) is 14.7. The lowest BCUT2D eigenvalue weighted by atomic mass is 9.90. The minimum atomic E-state index is -0.705. The molecule has 4 rings (SSSR count). The molecular weight excluding hydrogens is 857 g/mol. The van der Waals surface area contributed by atoms with Crippen LogP contribution in [0.3, 0.4) is 0 Å². The molecule has 0 aromatic heterocycles. The van der Waals surface area contributed by atoms with Crippen molar-refractivity contribution < 1.29 is 76.5 Å². The van der Waals surface area contributed by atoms with Crippen molar-refractivity contribution in [1.82, 2.24) is 0 Å². The van der Waals surface area contributed by atoms with Crippen molar-refractivity contribution in [3.63, 3.8) is 0 Å². The maximum Gasteiger partial charge on any atom is 0.186 e. The van der Waals surface area contributed by atoms with Crippen LogP contribution in [-0.4, -0.2) is 191 Å². The number of allylic oxidation sites excluding steroid dienone is 4. The monoisotopic (exact) mass is 943 g/mol. The highest BCUT2D eigenvalue weighted by atomic mass is 16.7. The number of aliphatic hydroxyl groups excluding tert-OH is 2. The summed E-state index contributed by atoms with van der Waals surface area (Å²) < 4.78 is 83.2. The zero-order chi connectivity index (χ0) is 48.8. The second-order valence-corrected chi connectivity index (χ2v) is 18.4. The van der Waals surface area contributed by atoms with E-state index in [1.54, 1.807) is 64.0 Å². The number of hydrogen-bond donors (Lipinski definition) is 2. The molecule has 0 amide bonds. The Morgan fingerprint density at radius 2 is 0.924 bits per heavy atom. The summed E-state index contributed by atoms with van der Waals surface area (Å²) in [5.74, 6) is -0.0922. The summed E-state index contributed by atoms with van der Waals surface area (Å²) in [4.78, 5) is 0. The molecule has 4 aliphatic heterocycles. The fourth-order valence-corrected chi connectivity index (χ4v) is 9.93.